The second-order valence-electron chi connectivity index (χ2n) is 6.63. The molecule has 0 radical (unpaired) electrons. The van der Waals surface area contributed by atoms with E-state index in [2.05, 4.69) is 15.0 Å². The molecular formula is C19H21N5O2. The van der Waals surface area contributed by atoms with Gasteiger partial charge in [-0.1, -0.05) is 6.07 Å². The topological polar surface area (TPSA) is 72.6 Å². The van der Waals surface area contributed by atoms with Crippen LogP contribution in [0.15, 0.2) is 43.0 Å². The molecule has 134 valence electrons. The van der Waals surface area contributed by atoms with Gasteiger partial charge in [0.25, 0.3) is 5.91 Å². The first-order valence-electron chi connectivity index (χ1n) is 8.77. The van der Waals surface area contributed by atoms with E-state index in [0.717, 1.165) is 23.5 Å². The predicted molar refractivity (Wildman–Crippen MR) is 95.9 cm³/mol. The van der Waals surface area contributed by atoms with Crippen LogP contribution in [0.25, 0.3) is 5.65 Å². The highest BCUT2D eigenvalue weighted by Gasteiger charge is 2.24. The molecule has 3 aromatic rings. The molecule has 0 bridgehead atoms. The van der Waals surface area contributed by atoms with Crippen LogP contribution in [0.4, 0.5) is 0 Å². The summed E-state index contributed by atoms with van der Waals surface area (Å²) >= 11 is 0. The van der Waals surface area contributed by atoms with Crippen LogP contribution in [0, 0.1) is 12.8 Å². The van der Waals surface area contributed by atoms with Crippen molar-refractivity contribution in [3.63, 3.8) is 0 Å². The van der Waals surface area contributed by atoms with E-state index in [9.17, 15) is 4.79 Å². The van der Waals surface area contributed by atoms with Crippen LogP contribution in [0.1, 0.15) is 21.9 Å². The molecule has 4 rings (SSSR count). The second-order valence-corrected chi connectivity index (χ2v) is 6.63. The highest BCUT2D eigenvalue weighted by Crippen LogP contribution is 2.15. The Kier molecular flexibility index (Phi) is 4.62. The smallest absolute Gasteiger partial charge is 0.272 e. The predicted octanol–water partition coefficient (Wildman–Crippen LogP) is 1.76. The summed E-state index contributed by atoms with van der Waals surface area (Å²) < 4.78 is 7.69. The van der Waals surface area contributed by atoms with Gasteiger partial charge in [-0.15, -0.1) is 0 Å². The summed E-state index contributed by atoms with van der Waals surface area (Å²) in [5.41, 5.74) is 3.13. The Hall–Kier alpha value is -2.80. The fourth-order valence-corrected chi connectivity index (χ4v) is 3.28. The maximum Gasteiger partial charge on any atom is 0.272 e. The van der Waals surface area contributed by atoms with Crippen molar-refractivity contribution < 1.29 is 9.53 Å². The van der Waals surface area contributed by atoms with E-state index in [1.807, 2.05) is 40.8 Å². The highest BCUT2D eigenvalue weighted by molar-refractivity contribution is 5.92. The molecule has 1 aliphatic rings. The SMILES string of the molecule is Cc1cccc(C(=O)N2CCOC[C@@H](Cc3cn4ccnc4cn3)C2)n1. The molecule has 1 aliphatic heterocycles. The number of pyridine rings is 1. The van der Waals surface area contributed by atoms with Gasteiger partial charge in [0, 0.05) is 43.3 Å². The molecule has 1 amide bonds. The van der Waals surface area contributed by atoms with Crippen LogP contribution in [-0.4, -0.2) is 56.5 Å². The molecule has 1 atom stereocenters. The Morgan fingerprint density at radius 3 is 3.15 bits per heavy atom. The molecular weight excluding hydrogens is 330 g/mol. The van der Waals surface area contributed by atoms with Gasteiger partial charge in [0.05, 0.1) is 25.1 Å². The molecule has 0 unspecified atom stereocenters. The van der Waals surface area contributed by atoms with Crippen molar-refractivity contribution in [2.45, 2.75) is 13.3 Å². The quantitative estimate of drug-likeness (QED) is 0.719. The number of hydrogen-bond donors (Lipinski definition) is 0. The largest absolute Gasteiger partial charge is 0.379 e. The Morgan fingerprint density at radius 2 is 2.27 bits per heavy atom. The number of nitrogens with zero attached hydrogens (tertiary/aromatic N) is 5. The van der Waals surface area contributed by atoms with Crippen molar-refractivity contribution in [3.05, 3.63) is 60.1 Å². The minimum Gasteiger partial charge on any atom is -0.379 e. The average Bonchev–Trinajstić information content (AvgIpc) is 2.99. The Labute approximate surface area is 151 Å². The van der Waals surface area contributed by atoms with Crippen molar-refractivity contribution >= 4 is 11.6 Å². The number of hydrogen-bond acceptors (Lipinski definition) is 5. The molecule has 7 nitrogen and oxygen atoms in total. The molecule has 1 saturated heterocycles. The van der Waals surface area contributed by atoms with Crippen molar-refractivity contribution in [2.75, 3.05) is 26.3 Å². The van der Waals surface area contributed by atoms with Gasteiger partial charge in [-0.25, -0.2) is 9.97 Å². The lowest BCUT2D eigenvalue weighted by molar-refractivity contribution is 0.0731. The lowest BCUT2D eigenvalue weighted by Gasteiger charge is -2.23. The van der Waals surface area contributed by atoms with Gasteiger partial charge >= 0.3 is 0 Å². The molecule has 26 heavy (non-hydrogen) atoms. The monoisotopic (exact) mass is 351 g/mol. The standard InChI is InChI=1S/C19H21N5O2/c1-14-3-2-4-17(22-14)19(25)24-7-8-26-13-15(11-24)9-16-12-23-6-5-20-18(23)10-21-16/h2-6,10,12,15H,7-9,11,13H2,1H3/t15-/m0/s1. The molecule has 0 aromatic carbocycles. The first-order chi connectivity index (χ1) is 12.7. The maximum absolute atomic E-state index is 12.8. The fraction of sp³-hybridized carbons (Fsp3) is 0.368. The molecule has 7 heteroatoms. The number of carbonyl (C=O) groups is 1. The van der Waals surface area contributed by atoms with Crippen LogP contribution in [-0.2, 0) is 11.2 Å². The van der Waals surface area contributed by atoms with E-state index >= 15 is 0 Å². The van der Waals surface area contributed by atoms with Crippen molar-refractivity contribution in [2.24, 2.45) is 5.92 Å². The molecule has 0 spiro atoms. The van der Waals surface area contributed by atoms with E-state index in [1.54, 1.807) is 18.5 Å². The van der Waals surface area contributed by atoms with E-state index in [4.69, 9.17) is 4.74 Å². The van der Waals surface area contributed by atoms with E-state index in [1.165, 1.54) is 0 Å². The number of imidazole rings is 1. The zero-order valence-electron chi connectivity index (χ0n) is 14.7. The first kappa shape index (κ1) is 16.7. The normalized spacial score (nSPS) is 18.0. The first-order valence-corrected chi connectivity index (χ1v) is 8.77. The fourth-order valence-electron chi connectivity index (χ4n) is 3.28. The summed E-state index contributed by atoms with van der Waals surface area (Å²) in [6.45, 7) is 4.27. The summed E-state index contributed by atoms with van der Waals surface area (Å²) in [5.74, 6) is 0.155. The lowest BCUT2D eigenvalue weighted by Crippen LogP contribution is -2.37. The number of ether oxygens (including phenoxy) is 1. The van der Waals surface area contributed by atoms with Gasteiger partial charge in [0.1, 0.15) is 5.69 Å². The zero-order valence-corrected chi connectivity index (χ0v) is 14.7. The number of aryl methyl sites for hydroxylation is 1. The summed E-state index contributed by atoms with van der Waals surface area (Å²) in [6.07, 6.45) is 8.17. The van der Waals surface area contributed by atoms with Crippen LogP contribution in [0.3, 0.4) is 0 Å². The molecule has 0 saturated carbocycles. The van der Waals surface area contributed by atoms with Gasteiger partial charge < -0.3 is 14.0 Å². The number of fused-ring (bicyclic) bond motifs is 1. The summed E-state index contributed by atoms with van der Waals surface area (Å²) in [6, 6.07) is 5.53. The zero-order chi connectivity index (χ0) is 17.9. The molecule has 0 aliphatic carbocycles. The minimum absolute atomic E-state index is 0.0396. The average molecular weight is 351 g/mol. The molecule has 3 aromatic heterocycles. The number of amides is 1. The maximum atomic E-state index is 12.8. The van der Waals surface area contributed by atoms with Crippen molar-refractivity contribution in [1.82, 2.24) is 24.3 Å². The number of carbonyl (C=O) groups excluding carboxylic acids is 1. The third-order valence-corrected chi connectivity index (χ3v) is 4.56. The Balaban J connectivity index is 1.49. The molecule has 1 fully saturated rings. The van der Waals surface area contributed by atoms with Crippen LogP contribution < -0.4 is 0 Å². The van der Waals surface area contributed by atoms with Crippen LogP contribution in [0.5, 0.6) is 0 Å². The summed E-state index contributed by atoms with van der Waals surface area (Å²) in [4.78, 5) is 27.7. The van der Waals surface area contributed by atoms with Gasteiger partial charge in [-0.05, 0) is 25.5 Å². The number of rotatable bonds is 3. The van der Waals surface area contributed by atoms with Gasteiger partial charge in [-0.3, -0.25) is 9.78 Å². The highest BCUT2D eigenvalue weighted by atomic mass is 16.5. The van der Waals surface area contributed by atoms with Crippen molar-refractivity contribution in [1.29, 1.82) is 0 Å². The Morgan fingerprint density at radius 1 is 1.35 bits per heavy atom. The second kappa shape index (κ2) is 7.21. The van der Waals surface area contributed by atoms with Crippen LogP contribution >= 0.6 is 0 Å². The molecule has 4 heterocycles. The summed E-state index contributed by atoms with van der Waals surface area (Å²) in [5, 5.41) is 0. The van der Waals surface area contributed by atoms with E-state index in [0.29, 0.717) is 32.0 Å². The minimum atomic E-state index is -0.0396. The Bertz CT molecular complexity index is 923. The van der Waals surface area contributed by atoms with Gasteiger partial charge in [-0.2, -0.15) is 0 Å². The van der Waals surface area contributed by atoms with E-state index < -0.39 is 0 Å². The van der Waals surface area contributed by atoms with Crippen molar-refractivity contribution in [3.8, 4) is 0 Å². The molecule has 0 N–H and O–H groups in total. The van der Waals surface area contributed by atoms with Gasteiger partial charge in [0.2, 0.25) is 0 Å². The third-order valence-electron chi connectivity index (χ3n) is 4.56. The summed E-state index contributed by atoms with van der Waals surface area (Å²) in [7, 11) is 0. The van der Waals surface area contributed by atoms with E-state index in [-0.39, 0.29) is 11.8 Å². The lowest BCUT2D eigenvalue weighted by atomic mass is 10.0. The third kappa shape index (κ3) is 3.57. The van der Waals surface area contributed by atoms with Crippen LogP contribution in [0.2, 0.25) is 0 Å². The van der Waals surface area contributed by atoms with Gasteiger partial charge in [0.15, 0.2) is 5.65 Å². The number of aromatic nitrogens is 4.